The van der Waals surface area contributed by atoms with Crippen LogP contribution >= 0.6 is 0 Å². The van der Waals surface area contributed by atoms with E-state index in [2.05, 4.69) is 25.8 Å². The molecule has 0 bridgehead atoms. The molecule has 1 aliphatic heterocycles. The lowest BCUT2D eigenvalue weighted by Gasteiger charge is -2.43. The van der Waals surface area contributed by atoms with E-state index in [-0.39, 0.29) is 5.54 Å². The maximum Gasteiger partial charge on any atom is 0.119 e. The van der Waals surface area contributed by atoms with Crippen molar-refractivity contribution in [3.63, 3.8) is 0 Å². The van der Waals surface area contributed by atoms with Gasteiger partial charge in [0.1, 0.15) is 11.9 Å². The van der Waals surface area contributed by atoms with E-state index in [0.717, 1.165) is 25.1 Å². The standard InChI is InChI=1S/C14H21NO/c1-14(2)11-13(9-10-15(14)3)16-12-7-5-4-6-8-12/h4-8,13H,9-11H2,1-3H3. The predicted octanol–water partition coefficient (Wildman–Crippen LogP) is 2.94. The lowest BCUT2D eigenvalue weighted by Crippen LogP contribution is -2.50. The first-order valence-corrected chi connectivity index (χ1v) is 6.01. The summed E-state index contributed by atoms with van der Waals surface area (Å²) in [6, 6.07) is 10.1. The van der Waals surface area contributed by atoms with Crippen LogP contribution in [0.15, 0.2) is 30.3 Å². The Morgan fingerprint density at radius 2 is 1.94 bits per heavy atom. The van der Waals surface area contributed by atoms with E-state index in [0.29, 0.717) is 6.10 Å². The van der Waals surface area contributed by atoms with Gasteiger partial charge >= 0.3 is 0 Å². The summed E-state index contributed by atoms with van der Waals surface area (Å²) in [7, 11) is 2.19. The fourth-order valence-electron chi connectivity index (χ4n) is 2.25. The Balaban J connectivity index is 1.97. The molecule has 0 saturated carbocycles. The fourth-order valence-corrected chi connectivity index (χ4v) is 2.25. The van der Waals surface area contributed by atoms with Crippen LogP contribution in [0.4, 0.5) is 0 Å². The molecule has 88 valence electrons. The van der Waals surface area contributed by atoms with Crippen molar-refractivity contribution in [3.05, 3.63) is 30.3 Å². The van der Waals surface area contributed by atoms with Gasteiger partial charge in [-0.1, -0.05) is 18.2 Å². The summed E-state index contributed by atoms with van der Waals surface area (Å²) in [5, 5.41) is 0. The third-order valence-electron chi connectivity index (χ3n) is 3.59. The molecule has 0 aromatic heterocycles. The average molecular weight is 219 g/mol. The second kappa shape index (κ2) is 4.46. The minimum absolute atomic E-state index is 0.248. The van der Waals surface area contributed by atoms with E-state index in [4.69, 9.17) is 4.74 Å². The molecule has 0 N–H and O–H groups in total. The van der Waals surface area contributed by atoms with Crippen LogP contribution in [-0.2, 0) is 0 Å². The number of hydrogen-bond donors (Lipinski definition) is 0. The molecule has 1 aromatic carbocycles. The molecular formula is C14H21NO. The first-order chi connectivity index (χ1) is 7.58. The summed E-state index contributed by atoms with van der Waals surface area (Å²) < 4.78 is 6.01. The summed E-state index contributed by atoms with van der Waals surface area (Å²) in [6.07, 6.45) is 2.57. The molecule has 1 heterocycles. The smallest absolute Gasteiger partial charge is 0.119 e. The summed E-state index contributed by atoms with van der Waals surface area (Å²) in [5.41, 5.74) is 0.248. The fraction of sp³-hybridized carbons (Fsp3) is 0.571. The number of nitrogens with zero attached hydrogens (tertiary/aromatic N) is 1. The quantitative estimate of drug-likeness (QED) is 0.758. The number of hydrogen-bond acceptors (Lipinski definition) is 2. The molecule has 0 aliphatic carbocycles. The Morgan fingerprint density at radius 3 is 2.56 bits per heavy atom. The van der Waals surface area contributed by atoms with Crippen molar-refractivity contribution in [2.24, 2.45) is 0 Å². The van der Waals surface area contributed by atoms with Gasteiger partial charge in [-0.25, -0.2) is 0 Å². The van der Waals surface area contributed by atoms with Gasteiger partial charge in [0.25, 0.3) is 0 Å². The molecule has 1 fully saturated rings. The van der Waals surface area contributed by atoms with Crippen molar-refractivity contribution >= 4 is 0 Å². The van der Waals surface area contributed by atoms with E-state index in [1.165, 1.54) is 0 Å². The molecule has 1 aliphatic rings. The Hall–Kier alpha value is -1.02. The van der Waals surface area contributed by atoms with Crippen LogP contribution in [0.3, 0.4) is 0 Å². The highest BCUT2D eigenvalue weighted by Crippen LogP contribution is 2.28. The Bertz CT molecular complexity index is 334. The van der Waals surface area contributed by atoms with Crippen molar-refractivity contribution < 1.29 is 4.74 Å². The van der Waals surface area contributed by atoms with E-state index in [9.17, 15) is 0 Å². The zero-order valence-corrected chi connectivity index (χ0v) is 10.4. The van der Waals surface area contributed by atoms with Crippen molar-refractivity contribution in [2.75, 3.05) is 13.6 Å². The van der Waals surface area contributed by atoms with Gasteiger partial charge in [0, 0.05) is 18.5 Å². The number of rotatable bonds is 2. The van der Waals surface area contributed by atoms with Crippen LogP contribution in [0.2, 0.25) is 0 Å². The second-order valence-electron chi connectivity index (χ2n) is 5.28. The van der Waals surface area contributed by atoms with Crippen LogP contribution in [0.25, 0.3) is 0 Å². The van der Waals surface area contributed by atoms with Crippen LogP contribution in [-0.4, -0.2) is 30.1 Å². The van der Waals surface area contributed by atoms with Gasteiger partial charge in [-0.15, -0.1) is 0 Å². The van der Waals surface area contributed by atoms with Crippen molar-refractivity contribution in [1.29, 1.82) is 0 Å². The van der Waals surface area contributed by atoms with Gasteiger partial charge in [0.05, 0.1) is 0 Å². The van der Waals surface area contributed by atoms with Gasteiger partial charge in [0.15, 0.2) is 0 Å². The number of piperidine rings is 1. The Labute approximate surface area is 98.2 Å². The number of ether oxygens (including phenoxy) is 1. The molecule has 0 amide bonds. The molecule has 16 heavy (non-hydrogen) atoms. The molecule has 2 heteroatoms. The first kappa shape index (κ1) is 11.5. The largest absolute Gasteiger partial charge is 0.490 e. The summed E-state index contributed by atoms with van der Waals surface area (Å²) in [5.74, 6) is 0.993. The normalized spacial score (nSPS) is 25.3. The van der Waals surface area contributed by atoms with Gasteiger partial charge in [-0.3, -0.25) is 0 Å². The van der Waals surface area contributed by atoms with Gasteiger partial charge in [-0.2, -0.15) is 0 Å². The average Bonchev–Trinajstić information content (AvgIpc) is 2.25. The van der Waals surface area contributed by atoms with Crippen LogP contribution in [0, 0.1) is 0 Å². The van der Waals surface area contributed by atoms with E-state index >= 15 is 0 Å². The minimum Gasteiger partial charge on any atom is -0.490 e. The van der Waals surface area contributed by atoms with E-state index in [1.807, 2.05) is 30.3 Å². The number of para-hydroxylation sites is 1. The van der Waals surface area contributed by atoms with Crippen molar-refractivity contribution in [3.8, 4) is 5.75 Å². The summed E-state index contributed by atoms with van der Waals surface area (Å²) in [4.78, 5) is 2.41. The molecule has 1 unspecified atom stereocenters. The zero-order chi connectivity index (χ0) is 11.6. The minimum atomic E-state index is 0.248. The molecule has 1 saturated heterocycles. The maximum atomic E-state index is 6.01. The second-order valence-corrected chi connectivity index (χ2v) is 5.28. The van der Waals surface area contributed by atoms with Gasteiger partial charge in [-0.05, 0) is 39.4 Å². The highest BCUT2D eigenvalue weighted by atomic mass is 16.5. The van der Waals surface area contributed by atoms with Crippen LogP contribution < -0.4 is 4.74 Å². The Morgan fingerprint density at radius 1 is 1.25 bits per heavy atom. The van der Waals surface area contributed by atoms with Crippen molar-refractivity contribution in [1.82, 2.24) is 4.90 Å². The summed E-state index contributed by atoms with van der Waals surface area (Å²) >= 11 is 0. The molecule has 0 spiro atoms. The third-order valence-corrected chi connectivity index (χ3v) is 3.59. The molecule has 2 rings (SSSR count). The zero-order valence-electron chi connectivity index (χ0n) is 10.4. The molecule has 2 nitrogen and oxygen atoms in total. The van der Waals surface area contributed by atoms with Gasteiger partial charge < -0.3 is 9.64 Å². The SMILES string of the molecule is CN1CCC(Oc2ccccc2)CC1(C)C. The lowest BCUT2D eigenvalue weighted by molar-refractivity contribution is 0.0260. The van der Waals surface area contributed by atoms with Crippen molar-refractivity contribution in [2.45, 2.75) is 38.3 Å². The molecular weight excluding hydrogens is 198 g/mol. The van der Waals surface area contributed by atoms with Crippen LogP contribution in [0.1, 0.15) is 26.7 Å². The first-order valence-electron chi connectivity index (χ1n) is 6.01. The Kier molecular flexibility index (Phi) is 3.20. The number of benzene rings is 1. The number of likely N-dealkylation sites (tertiary alicyclic amines) is 1. The highest BCUT2D eigenvalue weighted by molar-refractivity contribution is 5.21. The van der Waals surface area contributed by atoms with Crippen LogP contribution in [0.5, 0.6) is 5.75 Å². The maximum absolute atomic E-state index is 6.01. The van der Waals surface area contributed by atoms with E-state index in [1.54, 1.807) is 0 Å². The molecule has 1 atom stereocenters. The van der Waals surface area contributed by atoms with Gasteiger partial charge in [0.2, 0.25) is 0 Å². The predicted molar refractivity (Wildman–Crippen MR) is 66.8 cm³/mol. The third kappa shape index (κ3) is 2.56. The highest BCUT2D eigenvalue weighted by Gasteiger charge is 2.33. The monoisotopic (exact) mass is 219 g/mol. The van der Waals surface area contributed by atoms with E-state index < -0.39 is 0 Å². The lowest BCUT2D eigenvalue weighted by atomic mass is 9.89. The summed E-state index contributed by atoms with van der Waals surface area (Å²) in [6.45, 7) is 5.69. The topological polar surface area (TPSA) is 12.5 Å². The molecule has 0 radical (unpaired) electrons. The molecule has 1 aromatic rings.